The number of hydrogen-bond donors (Lipinski definition) is 3. The average molecular weight is 264 g/mol. The Labute approximate surface area is 109 Å². The second kappa shape index (κ2) is 4.06. The van der Waals surface area contributed by atoms with Crippen LogP contribution in [0.15, 0.2) is 6.33 Å². The predicted molar refractivity (Wildman–Crippen MR) is 65.0 cm³/mol. The molecule has 4 N–H and O–H groups in total. The number of aromatic amines is 1. The summed E-state index contributed by atoms with van der Waals surface area (Å²) in [5, 5.41) is 9.30. The third-order valence-corrected chi connectivity index (χ3v) is 4.12. The van der Waals surface area contributed by atoms with E-state index in [0.717, 1.165) is 17.8 Å². The van der Waals surface area contributed by atoms with Crippen molar-refractivity contribution >= 4 is 11.9 Å². The highest BCUT2D eigenvalue weighted by molar-refractivity contribution is 5.91. The third-order valence-electron chi connectivity index (χ3n) is 4.12. The predicted octanol–water partition coefficient (Wildman–Crippen LogP) is -0.371. The fraction of sp³-hybridized carbons (Fsp3) is 0.583. The van der Waals surface area contributed by atoms with Crippen LogP contribution in [0.5, 0.6) is 0 Å². The van der Waals surface area contributed by atoms with Crippen molar-refractivity contribution < 1.29 is 14.7 Å². The van der Waals surface area contributed by atoms with E-state index in [1.54, 1.807) is 0 Å². The van der Waals surface area contributed by atoms with Gasteiger partial charge in [-0.2, -0.15) is 0 Å². The molecule has 7 nitrogen and oxygen atoms in total. The van der Waals surface area contributed by atoms with E-state index >= 15 is 0 Å². The Kier molecular flexibility index (Phi) is 2.60. The minimum absolute atomic E-state index is 0.232. The molecule has 0 aromatic carbocycles. The van der Waals surface area contributed by atoms with Gasteiger partial charge < -0.3 is 20.7 Å². The fourth-order valence-corrected chi connectivity index (χ4v) is 2.73. The maximum absolute atomic E-state index is 12.5. The summed E-state index contributed by atoms with van der Waals surface area (Å²) in [6.07, 6.45) is 3.94. The number of amides is 1. The van der Waals surface area contributed by atoms with Gasteiger partial charge in [-0.15, -0.1) is 0 Å². The summed E-state index contributed by atoms with van der Waals surface area (Å²) in [5.41, 5.74) is 6.67. The lowest BCUT2D eigenvalue weighted by molar-refractivity contribution is -0.155. The SMILES string of the molecule is NC1(C(=O)N2Cc3[nH]cnc3CC2C(=O)O)CCC1. The van der Waals surface area contributed by atoms with E-state index < -0.39 is 17.6 Å². The number of fused-ring (bicyclic) bond motifs is 1. The first-order valence-corrected chi connectivity index (χ1v) is 6.35. The number of aliphatic carboxylic acids is 1. The molecule has 1 unspecified atom stereocenters. The van der Waals surface area contributed by atoms with Gasteiger partial charge in [-0.1, -0.05) is 0 Å². The number of carboxylic acids is 1. The molecule has 2 aliphatic rings. The Bertz CT molecular complexity index is 535. The summed E-state index contributed by atoms with van der Waals surface area (Å²) >= 11 is 0. The number of carbonyl (C=O) groups is 2. The van der Waals surface area contributed by atoms with Crippen LogP contribution >= 0.6 is 0 Å². The molecule has 0 bridgehead atoms. The largest absolute Gasteiger partial charge is 0.480 e. The molecule has 0 saturated heterocycles. The van der Waals surface area contributed by atoms with E-state index in [1.807, 2.05) is 0 Å². The third kappa shape index (κ3) is 1.81. The molecule has 19 heavy (non-hydrogen) atoms. The van der Waals surface area contributed by atoms with Crippen LogP contribution in [0.1, 0.15) is 30.7 Å². The minimum atomic E-state index is -1.01. The first-order chi connectivity index (χ1) is 9.01. The molecule has 1 aromatic heterocycles. The molecule has 1 fully saturated rings. The molecular weight excluding hydrogens is 248 g/mol. The van der Waals surface area contributed by atoms with Crippen molar-refractivity contribution in [2.45, 2.75) is 43.8 Å². The topological polar surface area (TPSA) is 112 Å². The number of aromatic nitrogens is 2. The zero-order chi connectivity index (χ0) is 13.6. The molecular formula is C12H16N4O3. The zero-order valence-electron chi connectivity index (χ0n) is 10.4. The molecule has 1 aliphatic heterocycles. The summed E-state index contributed by atoms with van der Waals surface area (Å²) < 4.78 is 0. The van der Waals surface area contributed by atoms with Crippen LogP contribution < -0.4 is 5.73 Å². The normalized spacial score (nSPS) is 24.5. The summed E-state index contributed by atoms with van der Waals surface area (Å²) in [6.45, 7) is 0.240. The van der Waals surface area contributed by atoms with Gasteiger partial charge in [0, 0.05) is 6.42 Å². The van der Waals surface area contributed by atoms with Crippen LogP contribution in [0.4, 0.5) is 0 Å². The number of H-pyrrole nitrogens is 1. The first-order valence-electron chi connectivity index (χ1n) is 6.35. The maximum Gasteiger partial charge on any atom is 0.326 e. The van der Waals surface area contributed by atoms with Gasteiger partial charge in [-0.3, -0.25) is 4.79 Å². The van der Waals surface area contributed by atoms with Gasteiger partial charge in [0.25, 0.3) is 0 Å². The molecule has 102 valence electrons. The summed E-state index contributed by atoms with van der Waals surface area (Å²) in [7, 11) is 0. The molecule has 1 amide bonds. The van der Waals surface area contributed by atoms with Gasteiger partial charge in [-0.05, 0) is 19.3 Å². The molecule has 0 spiro atoms. The monoisotopic (exact) mass is 264 g/mol. The number of carboxylic acid groups (broad SMARTS) is 1. The highest BCUT2D eigenvalue weighted by atomic mass is 16.4. The van der Waals surface area contributed by atoms with Crippen LogP contribution in [0.3, 0.4) is 0 Å². The first kappa shape index (κ1) is 12.2. The number of rotatable bonds is 2. The number of imidazole rings is 1. The number of nitrogens with two attached hydrogens (primary N) is 1. The van der Waals surface area contributed by atoms with Gasteiger partial charge in [-0.25, -0.2) is 9.78 Å². The summed E-state index contributed by atoms with van der Waals surface area (Å²) in [5.74, 6) is -1.27. The highest BCUT2D eigenvalue weighted by Gasteiger charge is 2.47. The molecule has 1 aromatic rings. The van der Waals surface area contributed by atoms with Crippen LogP contribution in [-0.2, 0) is 22.6 Å². The van der Waals surface area contributed by atoms with Crippen molar-refractivity contribution in [1.29, 1.82) is 0 Å². The Hall–Kier alpha value is -1.89. The molecule has 1 aliphatic carbocycles. The smallest absolute Gasteiger partial charge is 0.326 e. The molecule has 7 heteroatoms. The molecule has 1 atom stereocenters. The molecule has 2 heterocycles. The minimum Gasteiger partial charge on any atom is -0.480 e. The lowest BCUT2D eigenvalue weighted by atomic mass is 9.76. The lowest BCUT2D eigenvalue weighted by Crippen LogP contribution is -2.63. The van der Waals surface area contributed by atoms with Crippen molar-refractivity contribution in [1.82, 2.24) is 14.9 Å². The van der Waals surface area contributed by atoms with Gasteiger partial charge >= 0.3 is 5.97 Å². The van der Waals surface area contributed by atoms with E-state index in [9.17, 15) is 14.7 Å². The second-order valence-corrected chi connectivity index (χ2v) is 5.33. The Morgan fingerprint density at radius 2 is 2.26 bits per heavy atom. The molecule has 1 saturated carbocycles. The number of hydrogen-bond acceptors (Lipinski definition) is 4. The second-order valence-electron chi connectivity index (χ2n) is 5.33. The van der Waals surface area contributed by atoms with Crippen molar-refractivity contribution in [3.05, 3.63) is 17.7 Å². The fourth-order valence-electron chi connectivity index (χ4n) is 2.73. The van der Waals surface area contributed by atoms with Crippen LogP contribution in [0.25, 0.3) is 0 Å². The van der Waals surface area contributed by atoms with Crippen LogP contribution in [0, 0.1) is 0 Å². The number of nitrogens with zero attached hydrogens (tertiary/aromatic N) is 2. The standard InChI is InChI=1S/C12H16N4O3/c13-12(2-1-3-12)11(19)16-5-8-7(14-6-15-8)4-9(16)10(17)18/h6,9H,1-5,13H2,(H,14,15)(H,17,18). The average Bonchev–Trinajstić information content (AvgIpc) is 2.80. The van der Waals surface area contributed by atoms with Crippen LogP contribution in [-0.4, -0.2) is 43.4 Å². The Balaban J connectivity index is 1.90. The van der Waals surface area contributed by atoms with Gasteiger partial charge in [0.15, 0.2) is 0 Å². The van der Waals surface area contributed by atoms with Gasteiger partial charge in [0.1, 0.15) is 6.04 Å². The summed E-state index contributed by atoms with van der Waals surface area (Å²) in [4.78, 5) is 32.2. The van der Waals surface area contributed by atoms with E-state index in [4.69, 9.17) is 5.73 Å². The number of carbonyl (C=O) groups excluding carboxylic acids is 1. The van der Waals surface area contributed by atoms with E-state index in [-0.39, 0.29) is 18.9 Å². The van der Waals surface area contributed by atoms with Crippen LogP contribution in [0.2, 0.25) is 0 Å². The van der Waals surface area contributed by atoms with Gasteiger partial charge in [0.2, 0.25) is 5.91 Å². The van der Waals surface area contributed by atoms with E-state index in [0.29, 0.717) is 12.8 Å². The lowest BCUT2D eigenvalue weighted by Gasteiger charge is -2.43. The van der Waals surface area contributed by atoms with Crippen molar-refractivity contribution in [2.24, 2.45) is 5.73 Å². The zero-order valence-corrected chi connectivity index (χ0v) is 10.4. The van der Waals surface area contributed by atoms with Crippen molar-refractivity contribution in [2.75, 3.05) is 0 Å². The summed E-state index contributed by atoms with van der Waals surface area (Å²) in [6, 6.07) is -0.871. The molecule has 3 rings (SSSR count). The Morgan fingerprint density at radius 3 is 2.84 bits per heavy atom. The maximum atomic E-state index is 12.5. The van der Waals surface area contributed by atoms with E-state index in [2.05, 4.69) is 9.97 Å². The van der Waals surface area contributed by atoms with E-state index in [1.165, 1.54) is 11.2 Å². The molecule has 0 radical (unpaired) electrons. The van der Waals surface area contributed by atoms with Gasteiger partial charge in [0.05, 0.1) is 29.8 Å². The van der Waals surface area contributed by atoms with Crippen molar-refractivity contribution in [3.63, 3.8) is 0 Å². The highest BCUT2D eigenvalue weighted by Crippen LogP contribution is 2.33. The quantitative estimate of drug-likeness (QED) is 0.674. The van der Waals surface area contributed by atoms with Crippen molar-refractivity contribution in [3.8, 4) is 0 Å². The Morgan fingerprint density at radius 1 is 1.53 bits per heavy atom. The number of nitrogens with one attached hydrogen (secondary N) is 1.